The van der Waals surface area contributed by atoms with Gasteiger partial charge in [0.15, 0.2) is 0 Å². The van der Waals surface area contributed by atoms with Gasteiger partial charge >= 0.3 is 6.18 Å². The van der Waals surface area contributed by atoms with Gasteiger partial charge in [0.25, 0.3) is 5.82 Å². The number of nitrogens with one attached hydrogen (secondary N) is 1. The van der Waals surface area contributed by atoms with E-state index < -0.39 is 29.0 Å². The van der Waals surface area contributed by atoms with Gasteiger partial charge in [0, 0.05) is 5.69 Å². The monoisotopic (exact) mass is 411 g/mol. The Morgan fingerprint density at radius 1 is 1.07 bits per heavy atom. The number of nitrogens with zero attached hydrogens (tertiary/aromatic N) is 3. The van der Waals surface area contributed by atoms with Crippen LogP contribution in [-0.2, 0) is 11.0 Å². The Kier molecular flexibility index (Phi) is 5.54. The molecule has 146 valence electrons. The Morgan fingerprint density at radius 3 is 2.29 bits per heavy atom. The van der Waals surface area contributed by atoms with Gasteiger partial charge in [-0.05, 0) is 29.8 Å². The highest BCUT2D eigenvalue weighted by Gasteiger charge is 2.39. The van der Waals surface area contributed by atoms with Gasteiger partial charge in [-0.3, -0.25) is 4.79 Å². The fourth-order valence-electron chi connectivity index (χ4n) is 2.30. The molecule has 0 spiro atoms. The summed E-state index contributed by atoms with van der Waals surface area (Å²) in [6.07, 6.45) is -4.78. The molecule has 1 atom stereocenters. The standard InChI is InChI=1S/C17H13F4N5OS/c18-11-6-8-12(9-7-11)23-14(27)13(10-4-2-1-3-5-10)28-16-25-24-15(26(16)22)17(19,20)21/h1-9,13H,22H2,(H,23,27). The van der Waals surface area contributed by atoms with Crippen molar-refractivity contribution >= 4 is 23.4 Å². The summed E-state index contributed by atoms with van der Waals surface area (Å²) in [5, 5.41) is 7.85. The Hall–Kier alpha value is -3.08. The lowest BCUT2D eigenvalue weighted by atomic mass is 10.1. The molecule has 3 rings (SSSR count). The molecule has 11 heteroatoms. The molecular formula is C17H13F4N5OS. The van der Waals surface area contributed by atoms with Gasteiger partial charge in [0.2, 0.25) is 11.1 Å². The van der Waals surface area contributed by atoms with Crippen LogP contribution >= 0.6 is 11.8 Å². The highest BCUT2D eigenvalue weighted by molar-refractivity contribution is 8.00. The predicted octanol–water partition coefficient (Wildman–Crippen LogP) is 3.62. The lowest BCUT2D eigenvalue weighted by Gasteiger charge is -2.16. The van der Waals surface area contributed by atoms with Crippen molar-refractivity contribution in [2.24, 2.45) is 0 Å². The van der Waals surface area contributed by atoms with Gasteiger partial charge in [-0.2, -0.15) is 13.2 Å². The number of nitrogen functional groups attached to an aromatic ring is 1. The summed E-state index contributed by atoms with van der Waals surface area (Å²) in [6.45, 7) is 0. The molecule has 6 nitrogen and oxygen atoms in total. The molecule has 28 heavy (non-hydrogen) atoms. The summed E-state index contributed by atoms with van der Waals surface area (Å²) in [4.78, 5) is 12.8. The zero-order valence-corrected chi connectivity index (χ0v) is 14.8. The first kappa shape index (κ1) is 19.7. The van der Waals surface area contributed by atoms with Crippen LogP contribution in [0.15, 0.2) is 59.8 Å². The lowest BCUT2D eigenvalue weighted by Crippen LogP contribution is -2.23. The molecule has 3 N–H and O–H groups in total. The first-order valence-electron chi connectivity index (χ1n) is 7.81. The number of hydrogen-bond donors (Lipinski definition) is 2. The van der Waals surface area contributed by atoms with Crippen LogP contribution in [0.1, 0.15) is 16.6 Å². The molecule has 1 amide bonds. The van der Waals surface area contributed by atoms with E-state index in [1.807, 2.05) is 0 Å². The van der Waals surface area contributed by atoms with Crippen LogP contribution in [0.2, 0.25) is 0 Å². The number of amides is 1. The molecular weight excluding hydrogens is 398 g/mol. The highest BCUT2D eigenvalue weighted by Crippen LogP contribution is 2.37. The molecule has 1 unspecified atom stereocenters. The average molecular weight is 411 g/mol. The number of alkyl halides is 3. The zero-order valence-electron chi connectivity index (χ0n) is 14.0. The van der Waals surface area contributed by atoms with Crippen molar-refractivity contribution < 1.29 is 22.4 Å². The van der Waals surface area contributed by atoms with Crippen molar-refractivity contribution in [2.75, 3.05) is 11.2 Å². The number of nitrogens with two attached hydrogens (primary N) is 1. The third-order valence-electron chi connectivity index (χ3n) is 3.59. The molecule has 0 radical (unpaired) electrons. The maximum atomic E-state index is 13.0. The number of carbonyl (C=O) groups excluding carboxylic acids is 1. The number of thioether (sulfide) groups is 1. The maximum absolute atomic E-state index is 13.0. The fourth-order valence-corrected chi connectivity index (χ4v) is 3.26. The molecule has 0 bridgehead atoms. The molecule has 0 aliphatic rings. The van der Waals surface area contributed by atoms with E-state index in [9.17, 15) is 22.4 Å². The van der Waals surface area contributed by atoms with Gasteiger partial charge in [-0.25, -0.2) is 9.07 Å². The van der Waals surface area contributed by atoms with Crippen molar-refractivity contribution in [3.8, 4) is 0 Å². The minimum atomic E-state index is -4.78. The number of hydrogen-bond acceptors (Lipinski definition) is 5. The largest absolute Gasteiger partial charge is 0.453 e. The third-order valence-corrected chi connectivity index (χ3v) is 4.80. The Labute approximate surface area is 160 Å². The first-order chi connectivity index (χ1) is 13.3. The lowest BCUT2D eigenvalue weighted by molar-refractivity contribution is -0.146. The van der Waals surface area contributed by atoms with E-state index in [0.29, 0.717) is 27.7 Å². The normalized spacial score (nSPS) is 12.6. The first-order valence-corrected chi connectivity index (χ1v) is 8.69. The van der Waals surface area contributed by atoms with E-state index in [2.05, 4.69) is 15.5 Å². The second kappa shape index (κ2) is 7.89. The minimum absolute atomic E-state index is 0.282. The molecule has 0 fully saturated rings. The molecule has 3 aromatic rings. The van der Waals surface area contributed by atoms with E-state index in [1.165, 1.54) is 24.3 Å². The van der Waals surface area contributed by atoms with Gasteiger partial charge in [0.05, 0.1) is 0 Å². The molecule has 0 saturated heterocycles. The van der Waals surface area contributed by atoms with Gasteiger partial charge in [-0.1, -0.05) is 42.1 Å². The van der Waals surface area contributed by atoms with Crippen molar-refractivity contribution in [3.63, 3.8) is 0 Å². The molecule has 0 aliphatic heterocycles. The number of rotatable bonds is 5. The predicted molar refractivity (Wildman–Crippen MR) is 95.2 cm³/mol. The summed E-state index contributed by atoms with van der Waals surface area (Å²) in [6, 6.07) is 13.5. The van der Waals surface area contributed by atoms with Crippen LogP contribution in [-0.4, -0.2) is 20.8 Å². The molecule has 0 aliphatic carbocycles. The Morgan fingerprint density at radius 2 is 1.71 bits per heavy atom. The minimum Gasteiger partial charge on any atom is -0.335 e. The van der Waals surface area contributed by atoms with E-state index in [0.717, 1.165) is 0 Å². The van der Waals surface area contributed by atoms with Crippen LogP contribution in [0.4, 0.5) is 23.2 Å². The van der Waals surface area contributed by atoms with Crippen molar-refractivity contribution in [2.45, 2.75) is 16.6 Å². The van der Waals surface area contributed by atoms with Gasteiger partial charge in [0.1, 0.15) is 11.1 Å². The number of aromatic nitrogens is 3. The molecule has 1 aromatic heterocycles. The summed E-state index contributed by atoms with van der Waals surface area (Å²) in [5.74, 6) is 3.08. The number of halogens is 4. The fraction of sp³-hybridized carbons (Fsp3) is 0.118. The average Bonchev–Trinajstić information content (AvgIpc) is 3.03. The molecule has 0 saturated carbocycles. The summed E-state index contributed by atoms with van der Waals surface area (Å²) >= 11 is 0.714. The van der Waals surface area contributed by atoms with E-state index in [1.54, 1.807) is 30.3 Å². The van der Waals surface area contributed by atoms with E-state index >= 15 is 0 Å². The van der Waals surface area contributed by atoms with Crippen LogP contribution in [0, 0.1) is 5.82 Å². The highest BCUT2D eigenvalue weighted by atomic mass is 32.2. The number of anilines is 1. The van der Waals surface area contributed by atoms with E-state index in [-0.39, 0.29) is 5.16 Å². The van der Waals surface area contributed by atoms with Crippen molar-refractivity contribution in [1.29, 1.82) is 0 Å². The van der Waals surface area contributed by atoms with Crippen LogP contribution in [0.3, 0.4) is 0 Å². The Bertz CT molecular complexity index is 960. The van der Waals surface area contributed by atoms with Crippen molar-refractivity contribution in [3.05, 3.63) is 71.8 Å². The SMILES string of the molecule is Nn1c(SC(C(=O)Nc2ccc(F)cc2)c2ccccc2)nnc1C(F)(F)F. The topological polar surface area (TPSA) is 85.8 Å². The number of benzene rings is 2. The summed E-state index contributed by atoms with van der Waals surface area (Å²) < 4.78 is 52.0. The summed E-state index contributed by atoms with van der Waals surface area (Å²) in [7, 11) is 0. The molecule has 1 heterocycles. The van der Waals surface area contributed by atoms with Crippen LogP contribution in [0.25, 0.3) is 0 Å². The maximum Gasteiger partial charge on any atom is 0.453 e. The smallest absolute Gasteiger partial charge is 0.335 e. The third kappa shape index (κ3) is 4.42. The Balaban J connectivity index is 1.89. The second-order valence-electron chi connectivity index (χ2n) is 5.58. The van der Waals surface area contributed by atoms with E-state index in [4.69, 9.17) is 5.84 Å². The number of carbonyl (C=O) groups is 1. The van der Waals surface area contributed by atoms with Crippen LogP contribution < -0.4 is 11.2 Å². The van der Waals surface area contributed by atoms with Gasteiger partial charge < -0.3 is 11.2 Å². The second-order valence-corrected chi connectivity index (χ2v) is 6.65. The van der Waals surface area contributed by atoms with Crippen molar-refractivity contribution in [1.82, 2.24) is 14.9 Å². The quantitative estimate of drug-likeness (QED) is 0.381. The molecule has 2 aromatic carbocycles. The van der Waals surface area contributed by atoms with Gasteiger partial charge in [-0.15, -0.1) is 10.2 Å². The summed E-state index contributed by atoms with van der Waals surface area (Å²) in [5.41, 5.74) is 0.849. The zero-order chi connectivity index (χ0) is 20.3. The van der Waals surface area contributed by atoms with Crippen LogP contribution in [0.5, 0.6) is 0 Å².